The standard InChI is InChI=1S/C13H9Cl2FN2O2/c1-20-10-5-3-2-4-9(10)17-13(19)7-6-8(16)12(15)18-11(7)14/h2-6H,1H3,(H,17,19). The number of carbonyl (C=O) groups is 1. The molecule has 2 aromatic rings. The van der Waals surface area contributed by atoms with Gasteiger partial charge in [0.25, 0.3) is 5.91 Å². The van der Waals surface area contributed by atoms with Crippen LogP contribution in [-0.4, -0.2) is 18.0 Å². The van der Waals surface area contributed by atoms with Gasteiger partial charge in [-0.15, -0.1) is 0 Å². The summed E-state index contributed by atoms with van der Waals surface area (Å²) >= 11 is 11.3. The minimum atomic E-state index is -0.818. The molecule has 0 unspecified atom stereocenters. The van der Waals surface area contributed by atoms with Gasteiger partial charge in [-0.2, -0.15) is 0 Å². The van der Waals surface area contributed by atoms with Crippen molar-refractivity contribution in [1.29, 1.82) is 0 Å². The van der Waals surface area contributed by atoms with E-state index in [1.54, 1.807) is 24.3 Å². The molecule has 0 aliphatic rings. The first kappa shape index (κ1) is 14.6. The van der Waals surface area contributed by atoms with Crippen LogP contribution in [0.1, 0.15) is 10.4 Å². The number of para-hydroxylation sites is 2. The summed E-state index contributed by atoms with van der Waals surface area (Å²) in [5, 5.41) is 2.00. The van der Waals surface area contributed by atoms with Crippen molar-refractivity contribution >= 4 is 34.8 Å². The van der Waals surface area contributed by atoms with Gasteiger partial charge in [-0.1, -0.05) is 35.3 Å². The van der Waals surface area contributed by atoms with Crippen LogP contribution in [0.3, 0.4) is 0 Å². The second kappa shape index (κ2) is 6.07. The molecule has 0 radical (unpaired) electrons. The molecule has 0 spiro atoms. The number of nitrogens with zero attached hydrogens (tertiary/aromatic N) is 1. The number of carbonyl (C=O) groups excluding carboxylic acids is 1. The van der Waals surface area contributed by atoms with Crippen molar-refractivity contribution in [3.63, 3.8) is 0 Å². The van der Waals surface area contributed by atoms with Crippen LogP contribution >= 0.6 is 23.2 Å². The lowest BCUT2D eigenvalue weighted by molar-refractivity contribution is 0.102. The topological polar surface area (TPSA) is 51.2 Å². The highest BCUT2D eigenvalue weighted by Crippen LogP contribution is 2.25. The molecular weight excluding hydrogens is 306 g/mol. The molecule has 0 aliphatic carbocycles. The number of hydrogen-bond donors (Lipinski definition) is 1. The third-order valence-electron chi connectivity index (χ3n) is 2.49. The van der Waals surface area contributed by atoms with E-state index in [1.165, 1.54) is 7.11 Å². The van der Waals surface area contributed by atoms with Gasteiger partial charge < -0.3 is 10.1 Å². The molecule has 0 bridgehead atoms. The van der Waals surface area contributed by atoms with Gasteiger partial charge in [0.2, 0.25) is 0 Å². The molecule has 1 heterocycles. The summed E-state index contributed by atoms with van der Waals surface area (Å²) in [5.74, 6) is -0.955. The highest BCUT2D eigenvalue weighted by atomic mass is 35.5. The lowest BCUT2D eigenvalue weighted by Gasteiger charge is -2.10. The number of hydrogen-bond acceptors (Lipinski definition) is 3. The number of ether oxygens (including phenoxy) is 1. The predicted molar refractivity (Wildman–Crippen MR) is 75.2 cm³/mol. The van der Waals surface area contributed by atoms with E-state index >= 15 is 0 Å². The molecule has 4 nitrogen and oxygen atoms in total. The molecule has 0 fully saturated rings. The van der Waals surface area contributed by atoms with E-state index in [9.17, 15) is 9.18 Å². The first-order valence-electron chi connectivity index (χ1n) is 5.49. The Balaban J connectivity index is 2.31. The molecule has 0 aliphatic heterocycles. The lowest BCUT2D eigenvalue weighted by atomic mass is 10.2. The Kier molecular flexibility index (Phi) is 4.42. The summed E-state index contributed by atoms with van der Waals surface area (Å²) in [6.45, 7) is 0. The van der Waals surface area contributed by atoms with Gasteiger partial charge in [-0.05, 0) is 18.2 Å². The predicted octanol–water partition coefficient (Wildman–Crippen LogP) is 3.79. The Morgan fingerprint density at radius 3 is 2.70 bits per heavy atom. The Bertz CT molecular complexity index is 665. The Morgan fingerprint density at radius 1 is 1.30 bits per heavy atom. The lowest BCUT2D eigenvalue weighted by Crippen LogP contribution is -2.14. The summed E-state index contributed by atoms with van der Waals surface area (Å²) in [4.78, 5) is 15.6. The van der Waals surface area contributed by atoms with Gasteiger partial charge >= 0.3 is 0 Å². The normalized spacial score (nSPS) is 10.2. The van der Waals surface area contributed by atoms with Crippen molar-refractivity contribution in [2.45, 2.75) is 0 Å². The van der Waals surface area contributed by atoms with Crippen LogP contribution in [-0.2, 0) is 0 Å². The van der Waals surface area contributed by atoms with Crippen LogP contribution in [0.4, 0.5) is 10.1 Å². The molecule has 1 amide bonds. The van der Waals surface area contributed by atoms with E-state index in [0.717, 1.165) is 6.07 Å². The molecule has 1 N–H and O–H groups in total. The molecule has 0 atom stereocenters. The number of pyridine rings is 1. The minimum absolute atomic E-state index is 0.112. The maximum Gasteiger partial charge on any atom is 0.259 e. The summed E-state index contributed by atoms with van der Waals surface area (Å²) in [7, 11) is 1.47. The molecular formula is C13H9Cl2FN2O2. The summed E-state index contributed by atoms with van der Waals surface area (Å²) in [5.41, 5.74) is 0.325. The number of benzene rings is 1. The fourth-order valence-corrected chi connectivity index (χ4v) is 1.95. The average molecular weight is 315 g/mol. The second-order valence-corrected chi connectivity index (χ2v) is 4.47. The van der Waals surface area contributed by atoms with Gasteiger partial charge in [-0.25, -0.2) is 9.37 Å². The quantitative estimate of drug-likeness (QED) is 0.877. The number of rotatable bonds is 3. The number of nitrogens with one attached hydrogen (secondary N) is 1. The minimum Gasteiger partial charge on any atom is -0.495 e. The number of aromatic nitrogens is 1. The monoisotopic (exact) mass is 314 g/mol. The molecule has 0 saturated carbocycles. The van der Waals surface area contributed by atoms with Crippen LogP contribution in [0.15, 0.2) is 30.3 Å². The van der Waals surface area contributed by atoms with Crippen LogP contribution in [0.25, 0.3) is 0 Å². The van der Waals surface area contributed by atoms with Crippen LogP contribution in [0, 0.1) is 5.82 Å². The number of amides is 1. The van der Waals surface area contributed by atoms with Crippen LogP contribution in [0.2, 0.25) is 10.3 Å². The molecule has 7 heteroatoms. The maximum absolute atomic E-state index is 13.3. The Hall–Kier alpha value is -1.85. The summed E-state index contributed by atoms with van der Waals surface area (Å²) in [6.07, 6.45) is 0. The Labute approximate surface area is 124 Å². The maximum atomic E-state index is 13.3. The Morgan fingerprint density at radius 2 is 2.00 bits per heavy atom. The van der Waals surface area contributed by atoms with Crippen molar-refractivity contribution in [2.24, 2.45) is 0 Å². The third kappa shape index (κ3) is 3.00. The van der Waals surface area contributed by atoms with Crippen molar-refractivity contribution in [3.8, 4) is 5.75 Å². The number of anilines is 1. The SMILES string of the molecule is COc1ccccc1NC(=O)c1cc(F)c(Cl)nc1Cl. The molecule has 20 heavy (non-hydrogen) atoms. The average Bonchev–Trinajstić information content (AvgIpc) is 2.43. The van der Waals surface area contributed by atoms with Gasteiger partial charge in [0, 0.05) is 0 Å². The highest BCUT2D eigenvalue weighted by Gasteiger charge is 2.17. The molecule has 104 valence electrons. The number of methoxy groups -OCH3 is 1. The summed E-state index contributed by atoms with van der Waals surface area (Å²) < 4.78 is 18.4. The highest BCUT2D eigenvalue weighted by molar-refractivity contribution is 6.35. The van der Waals surface area contributed by atoms with Crippen molar-refractivity contribution in [3.05, 3.63) is 52.0 Å². The number of halogens is 3. The van der Waals surface area contributed by atoms with Crippen LogP contribution in [0.5, 0.6) is 5.75 Å². The zero-order chi connectivity index (χ0) is 14.7. The molecule has 1 aromatic heterocycles. The fraction of sp³-hybridized carbons (Fsp3) is 0.0769. The van der Waals surface area contributed by atoms with E-state index in [0.29, 0.717) is 11.4 Å². The summed E-state index contributed by atoms with van der Waals surface area (Å²) in [6, 6.07) is 7.73. The molecule has 0 saturated heterocycles. The largest absolute Gasteiger partial charge is 0.495 e. The van der Waals surface area contributed by atoms with E-state index < -0.39 is 11.7 Å². The zero-order valence-corrected chi connectivity index (χ0v) is 11.8. The fourth-order valence-electron chi connectivity index (χ4n) is 1.54. The van der Waals surface area contributed by atoms with Gasteiger partial charge in [-0.3, -0.25) is 4.79 Å². The van der Waals surface area contributed by atoms with E-state index in [1.807, 2.05) is 0 Å². The van der Waals surface area contributed by atoms with E-state index in [4.69, 9.17) is 27.9 Å². The smallest absolute Gasteiger partial charge is 0.259 e. The van der Waals surface area contributed by atoms with Gasteiger partial charge in [0.05, 0.1) is 18.4 Å². The molecule has 2 rings (SSSR count). The van der Waals surface area contributed by atoms with E-state index in [2.05, 4.69) is 10.3 Å². The van der Waals surface area contributed by atoms with Crippen LogP contribution < -0.4 is 10.1 Å². The second-order valence-electron chi connectivity index (χ2n) is 3.75. The zero-order valence-electron chi connectivity index (χ0n) is 10.3. The molecule has 1 aromatic carbocycles. The van der Waals surface area contributed by atoms with Crippen molar-refractivity contribution in [1.82, 2.24) is 4.98 Å². The van der Waals surface area contributed by atoms with E-state index in [-0.39, 0.29) is 15.9 Å². The van der Waals surface area contributed by atoms with Gasteiger partial charge in [0.15, 0.2) is 11.0 Å². The van der Waals surface area contributed by atoms with Crippen molar-refractivity contribution in [2.75, 3.05) is 12.4 Å². The first-order chi connectivity index (χ1) is 9.52. The third-order valence-corrected chi connectivity index (χ3v) is 3.04. The first-order valence-corrected chi connectivity index (χ1v) is 6.24. The van der Waals surface area contributed by atoms with Gasteiger partial charge in [0.1, 0.15) is 10.9 Å². The van der Waals surface area contributed by atoms with Crippen molar-refractivity contribution < 1.29 is 13.9 Å².